The van der Waals surface area contributed by atoms with Gasteiger partial charge in [0.1, 0.15) is 0 Å². The summed E-state index contributed by atoms with van der Waals surface area (Å²) in [5.74, 6) is -0.147. The van der Waals surface area contributed by atoms with Gasteiger partial charge in [0.15, 0.2) is 0 Å². The zero-order valence-corrected chi connectivity index (χ0v) is 18.1. The van der Waals surface area contributed by atoms with E-state index in [1.54, 1.807) is 34.8 Å². The molecule has 0 aliphatic carbocycles. The minimum Gasteiger partial charge on any atom is -0.326 e. The van der Waals surface area contributed by atoms with Gasteiger partial charge >= 0.3 is 0 Å². The summed E-state index contributed by atoms with van der Waals surface area (Å²) in [6.45, 7) is 1.83. The molecule has 162 valence electrons. The van der Waals surface area contributed by atoms with Crippen LogP contribution >= 0.6 is 0 Å². The number of aromatic nitrogens is 2. The third-order valence-electron chi connectivity index (χ3n) is 5.38. The normalized spacial score (nSPS) is 15.0. The number of sulfonamides is 1. The molecule has 0 atom stereocenters. The molecule has 0 spiro atoms. The standard InChI is InChI=1S/C23H26N4O3S/c28-23(25-21-9-5-20(6-10-21)18-26-14-4-13-24-26)17-19-7-11-22(12-8-19)31(29,30)27-15-2-1-3-16-27/h4-14H,1-3,15-18H2,(H,25,28). The molecule has 31 heavy (non-hydrogen) atoms. The highest BCUT2D eigenvalue weighted by Gasteiger charge is 2.25. The molecule has 1 saturated heterocycles. The smallest absolute Gasteiger partial charge is 0.243 e. The van der Waals surface area contributed by atoms with Crippen LogP contribution in [-0.4, -0.2) is 41.5 Å². The summed E-state index contributed by atoms with van der Waals surface area (Å²) < 4.78 is 28.8. The van der Waals surface area contributed by atoms with Crippen molar-refractivity contribution in [3.05, 3.63) is 78.1 Å². The van der Waals surface area contributed by atoms with Gasteiger partial charge in [0.2, 0.25) is 15.9 Å². The average molecular weight is 439 g/mol. The fraction of sp³-hybridized carbons (Fsp3) is 0.304. The summed E-state index contributed by atoms with van der Waals surface area (Å²) in [4.78, 5) is 12.7. The fourth-order valence-corrected chi connectivity index (χ4v) is 5.22. The molecule has 0 radical (unpaired) electrons. The van der Waals surface area contributed by atoms with Gasteiger partial charge in [-0.1, -0.05) is 30.7 Å². The lowest BCUT2D eigenvalue weighted by Crippen LogP contribution is -2.35. The first kappa shape index (κ1) is 21.3. The minimum absolute atomic E-state index is 0.147. The van der Waals surface area contributed by atoms with Crippen molar-refractivity contribution in [3.8, 4) is 0 Å². The summed E-state index contributed by atoms with van der Waals surface area (Å²) in [7, 11) is -3.45. The predicted molar refractivity (Wildman–Crippen MR) is 119 cm³/mol. The van der Waals surface area contributed by atoms with Gasteiger partial charge in [0.25, 0.3) is 0 Å². The Hall–Kier alpha value is -2.97. The van der Waals surface area contributed by atoms with Crippen LogP contribution in [0.4, 0.5) is 5.69 Å². The van der Waals surface area contributed by atoms with Crippen LogP contribution in [0.5, 0.6) is 0 Å². The Morgan fingerprint density at radius 2 is 1.61 bits per heavy atom. The van der Waals surface area contributed by atoms with E-state index in [0.717, 1.165) is 36.1 Å². The lowest BCUT2D eigenvalue weighted by Gasteiger charge is -2.25. The van der Waals surface area contributed by atoms with Gasteiger partial charge < -0.3 is 5.32 Å². The molecule has 0 bridgehead atoms. The summed E-state index contributed by atoms with van der Waals surface area (Å²) in [5.41, 5.74) is 2.58. The lowest BCUT2D eigenvalue weighted by molar-refractivity contribution is -0.115. The SMILES string of the molecule is O=C(Cc1ccc(S(=O)(=O)N2CCCCC2)cc1)Nc1ccc(Cn2cccn2)cc1. The zero-order chi connectivity index (χ0) is 21.7. The van der Waals surface area contributed by atoms with Gasteiger partial charge in [-0.3, -0.25) is 9.48 Å². The number of carbonyl (C=O) groups is 1. The number of nitrogens with zero attached hydrogens (tertiary/aromatic N) is 3. The lowest BCUT2D eigenvalue weighted by atomic mass is 10.1. The van der Waals surface area contributed by atoms with Crippen LogP contribution in [-0.2, 0) is 27.8 Å². The molecule has 2 heterocycles. The molecule has 4 rings (SSSR count). The second-order valence-electron chi connectivity index (χ2n) is 7.73. The molecule has 1 aliphatic heterocycles. The van der Waals surface area contributed by atoms with Gasteiger partial charge in [-0.05, 0) is 54.3 Å². The maximum Gasteiger partial charge on any atom is 0.243 e. The van der Waals surface area contributed by atoms with Crippen LogP contribution in [0.25, 0.3) is 0 Å². The van der Waals surface area contributed by atoms with Crippen LogP contribution in [0.1, 0.15) is 30.4 Å². The number of nitrogens with one attached hydrogen (secondary N) is 1. The number of benzene rings is 2. The maximum absolute atomic E-state index is 12.7. The Bertz CT molecular complexity index is 1100. The largest absolute Gasteiger partial charge is 0.326 e. The topological polar surface area (TPSA) is 84.3 Å². The van der Waals surface area contributed by atoms with Crippen LogP contribution < -0.4 is 5.32 Å². The molecule has 0 unspecified atom stereocenters. The molecular formula is C23H26N4O3S. The van der Waals surface area contributed by atoms with Gasteiger partial charge in [0, 0.05) is 31.2 Å². The molecule has 1 aromatic heterocycles. The summed E-state index contributed by atoms with van der Waals surface area (Å²) in [6.07, 6.45) is 6.71. The van der Waals surface area contributed by atoms with Gasteiger partial charge in [0.05, 0.1) is 17.9 Å². The number of rotatable bonds is 7. The summed E-state index contributed by atoms with van der Waals surface area (Å²) in [5, 5.41) is 7.07. The van der Waals surface area contributed by atoms with E-state index in [2.05, 4.69) is 10.4 Å². The van der Waals surface area contributed by atoms with Crippen molar-refractivity contribution in [2.75, 3.05) is 18.4 Å². The Morgan fingerprint density at radius 3 is 2.26 bits per heavy atom. The first-order valence-corrected chi connectivity index (χ1v) is 11.9. The van der Waals surface area contributed by atoms with Gasteiger partial charge in [-0.15, -0.1) is 0 Å². The number of carbonyl (C=O) groups excluding carboxylic acids is 1. The van der Waals surface area contributed by atoms with E-state index in [9.17, 15) is 13.2 Å². The van der Waals surface area contributed by atoms with Gasteiger partial charge in [-0.2, -0.15) is 9.40 Å². The number of anilines is 1. The minimum atomic E-state index is -3.45. The molecule has 1 amide bonds. The Kier molecular flexibility index (Phi) is 6.48. The fourth-order valence-electron chi connectivity index (χ4n) is 3.70. The zero-order valence-electron chi connectivity index (χ0n) is 17.3. The molecule has 7 nitrogen and oxygen atoms in total. The molecular weight excluding hydrogens is 412 g/mol. The van der Waals surface area contributed by atoms with Crippen molar-refractivity contribution in [2.45, 2.75) is 37.1 Å². The molecule has 1 fully saturated rings. The Labute approximate surface area is 182 Å². The number of piperidine rings is 1. The summed E-state index contributed by atoms with van der Waals surface area (Å²) >= 11 is 0. The third-order valence-corrected chi connectivity index (χ3v) is 7.30. The van der Waals surface area contributed by atoms with Crippen LogP contribution in [0.2, 0.25) is 0 Å². The van der Waals surface area contributed by atoms with Crippen LogP contribution in [0.15, 0.2) is 71.9 Å². The molecule has 1 N–H and O–H groups in total. The number of hydrogen-bond acceptors (Lipinski definition) is 4. The van der Waals surface area contributed by atoms with E-state index in [4.69, 9.17) is 0 Å². The number of hydrogen-bond donors (Lipinski definition) is 1. The second-order valence-corrected chi connectivity index (χ2v) is 9.67. The van der Waals surface area contributed by atoms with Crippen molar-refractivity contribution in [3.63, 3.8) is 0 Å². The maximum atomic E-state index is 12.7. The van der Waals surface area contributed by atoms with E-state index in [-0.39, 0.29) is 17.2 Å². The van der Waals surface area contributed by atoms with E-state index < -0.39 is 10.0 Å². The highest BCUT2D eigenvalue weighted by Crippen LogP contribution is 2.21. The third kappa shape index (κ3) is 5.39. The summed E-state index contributed by atoms with van der Waals surface area (Å²) in [6, 6.07) is 16.1. The molecule has 0 saturated carbocycles. The van der Waals surface area contributed by atoms with Crippen LogP contribution in [0, 0.1) is 0 Å². The number of amides is 1. The average Bonchev–Trinajstić information content (AvgIpc) is 3.29. The quantitative estimate of drug-likeness (QED) is 0.614. The van der Waals surface area contributed by atoms with Crippen molar-refractivity contribution in [1.29, 1.82) is 0 Å². The van der Waals surface area contributed by atoms with E-state index >= 15 is 0 Å². The highest BCUT2D eigenvalue weighted by atomic mass is 32.2. The van der Waals surface area contributed by atoms with Crippen molar-refractivity contribution in [2.24, 2.45) is 0 Å². The first-order valence-electron chi connectivity index (χ1n) is 10.5. The van der Waals surface area contributed by atoms with Crippen molar-refractivity contribution < 1.29 is 13.2 Å². The second kappa shape index (κ2) is 9.45. The highest BCUT2D eigenvalue weighted by molar-refractivity contribution is 7.89. The Morgan fingerprint density at radius 1 is 0.935 bits per heavy atom. The van der Waals surface area contributed by atoms with E-state index in [1.807, 2.05) is 41.2 Å². The van der Waals surface area contributed by atoms with E-state index in [1.165, 1.54) is 0 Å². The monoisotopic (exact) mass is 438 g/mol. The Balaban J connectivity index is 1.33. The van der Waals surface area contributed by atoms with Crippen molar-refractivity contribution in [1.82, 2.24) is 14.1 Å². The van der Waals surface area contributed by atoms with Gasteiger partial charge in [-0.25, -0.2) is 8.42 Å². The van der Waals surface area contributed by atoms with E-state index in [0.29, 0.717) is 19.6 Å². The molecule has 2 aromatic carbocycles. The molecule has 8 heteroatoms. The molecule has 3 aromatic rings. The predicted octanol–water partition coefficient (Wildman–Crippen LogP) is 3.29. The van der Waals surface area contributed by atoms with Crippen molar-refractivity contribution >= 4 is 21.6 Å². The van der Waals surface area contributed by atoms with Crippen LogP contribution in [0.3, 0.4) is 0 Å². The molecule has 1 aliphatic rings. The first-order chi connectivity index (χ1) is 15.0.